The largest absolute Gasteiger partial charge is 0.450 e. The Morgan fingerprint density at radius 3 is 1.87 bits per heavy atom. The molecule has 0 aromatic heterocycles. The average Bonchev–Trinajstić information content (AvgIpc) is 2.97. The van der Waals surface area contributed by atoms with Gasteiger partial charge in [-0.1, -0.05) is 84.9 Å². The minimum absolute atomic E-state index is 0.439. The molecule has 1 aliphatic rings. The SMILES string of the molecule is O=C(OC1C=Cc2c(cc3ccc4cccc5ccc2c3c45)C1OC(=O)c1ccccc1)c1ccccc1. The summed E-state index contributed by atoms with van der Waals surface area (Å²) in [6.45, 7) is 0. The van der Waals surface area contributed by atoms with Crippen LogP contribution in [0.2, 0.25) is 0 Å². The Bertz CT molecular complexity index is 1840. The van der Waals surface area contributed by atoms with Crippen LogP contribution in [-0.4, -0.2) is 18.0 Å². The molecule has 7 rings (SSSR count). The van der Waals surface area contributed by atoms with Crippen molar-refractivity contribution in [3.8, 4) is 0 Å². The van der Waals surface area contributed by atoms with E-state index in [1.807, 2.05) is 24.3 Å². The fourth-order valence-corrected chi connectivity index (χ4v) is 5.50. The second kappa shape index (κ2) is 8.86. The van der Waals surface area contributed by atoms with E-state index < -0.39 is 24.1 Å². The Morgan fingerprint density at radius 1 is 0.579 bits per heavy atom. The van der Waals surface area contributed by atoms with Gasteiger partial charge in [-0.25, -0.2) is 9.59 Å². The molecule has 0 spiro atoms. The number of rotatable bonds is 4. The molecule has 0 fully saturated rings. The van der Waals surface area contributed by atoms with Crippen LogP contribution in [0, 0.1) is 0 Å². The van der Waals surface area contributed by atoms with Gasteiger partial charge in [0.05, 0.1) is 11.1 Å². The predicted molar refractivity (Wildman–Crippen MR) is 149 cm³/mol. The first-order chi connectivity index (χ1) is 18.7. The fraction of sp³-hybridized carbons (Fsp3) is 0.0588. The van der Waals surface area contributed by atoms with Crippen LogP contribution in [0.25, 0.3) is 38.4 Å². The van der Waals surface area contributed by atoms with Gasteiger partial charge in [-0.05, 0) is 74.3 Å². The molecule has 38 heavy (non-hydrogen) atoms. The molecule has 1 aliphatic carbocycles. The van der Waals surface area contributed by atoms with Gasteiger partial charge in [0, 0.05) is 5.56 Å². The maximum absolute atomic E-state index is 13.2. The van der Waals surface area contributed by atoms with Crippen molar-refractivity contribution < 1.29 is 19.1 Å². The zero-order chi connectivity index (χ0) is 25.6. The number of hydrogen-bond donors (Lipinski definition) is 0. The Hall–Kier alpha value is -4.96. The van der Waals surface area contributed by atoms with Gasteiger partial charge in [0.25, 0.3) is 0 Å². The van der Waals surface area contributed by atoms with Crippen LogP contribution in [0.4, 0.5) is 0 Å². The van der Waals surface area contributed by atoms with Crippen LogP contribution in [0.3, 0.4) is 0 Å². The summed E-state index contributed by atoms with van der Waals surface area (Å²) in [6.07, 6.45) is 2.22. The van der Waals surface area contributed by atoms with E-state index in [-0.39, 0.29) is 0 Å². The van der Waals surface area contributed by atoms with Crippen LogP contribution in [0.15, 0.2) is 115 Å². The Balaban J connectivity index is 1.37. The zero-order valence-electron chi connectivity index (χ0n) is 20.3. The zero-order valence-corrected chi connectivity index (χ0v) is 20.3. The first kappa shape index (κ1) is 22.3. The second-order valence-electron chi connectivity index (χ2n) is 9.52. The van der Waals surface area contributed by atoms with Crippen molar-refractivity contribution in [1.82, 2.24) is 0 Å². The summed E-state index contributed by atoms with van der Waals surface area (Å²) in [6, 6.07) is 34.6. The molecule has 0 aliphatic heterocycles. The van der Waals surface area contributed by atoms with E-state index in [2.05, 4.69) is 48.5 Å². The molecular weight excluding hydrogens is 472 g/mol. The first-order valence-electron chi connectivity index (χ1n) is 12.6. The summed E-state index contributed by atoms with van der Waals surface area (Å²) in [5, 5.41) is 6.88. The predicted octanol–water partition coefficient (Wildman–Crippen LogP) is 7.73. The lowest BCUT2D eigenvalue weighted by molar-refractivity contribution is -0.0228. The number of ether oxygens (including phenoxy) is 2. The lowest BCUT2D eigenvalue weighted by Crippen LogP contribution is -2.30. The van der Waals surface area contributed by atoms with Gasteiger partial charge in [-0.3, -0.25) is 0 Å². The highest BCUT2D eigenvalue weighted by molar-refractivity contribution is 6.24. The summed E-state index contributed by atoms with van der Waals surface area (Å²) in [4.78, 5) is 26.2. The molecule has 6 aromatic rings. The number of hydrogen-bond acceptors (Lipinski definition) is 4. The van der Waals surface area contributed by atoms with Gasteiger partial charge in [-0.15, -0.1) is 0 Å². The Morgan fingerprint density at radius 2 is 1.18 bits per heavy atom. The summed E-state index contributed by atoms with van der Waals surface area (Å²) in [7, 11) is 0. The van der Waals surface area contributed by atoms with Gasteiger partial charge in [0.2, 0.25) is 0 Å². The van der Waals surface area contributed by atoms with Crippen molar-refractivity contribution in [3.05, 3.63) is 138 Å². The minimum Gasteiger partial charge on any atom is -0.450 e. The lowest BCUT2D eigenvalue weighted by Gasteiger charge is -2.30. The monoisotopic (exact) mass is 494 g/mol. The molecule has 0 N–H and O–H groups in total. The third kappa shape index (κ3) is 3.61. The van der Waals surface area contributed by atoms with Crippen LogP contribution < -0.4 is 0 Å². The molecule has 182 valence electrons. The van der Waals surface area contributed by atoms with E-state index in [1.54, 1.807) is 48.5 Å². The van der Waals surface area contributed by atoms with E-state index >= 15 is 0 Å². The molecule has 0 bridgehead atoms. The molecule has 0 amide bonds. The standard InChI is InChI=1S/C34H22O4/c35-33(23-8-3-1-4-9-23)37-29-19-18-26-27-17-16-22-13-7-12-21-14-15-25(31(27)30(21)22)20-28(26)32(29)38-34(36)24-10-5-2-6-11-24/h1-20,29,32H. The van der Waals surface area contributed by atoms with Crippen molar-refractivity contribution >= 4 is 50.3 Å². The van der Waals surface area contributed by atoms with Crippen LogP contribution in [0.1, 0.15) is 37.9 Å². The summed E-state index contributed by atoms with van der Waals surface area (Å²) in [5.74, 6) is -0.940. The quantitative estimate of drug-likeness (QED) is 0.186. The highest BCUT2D eigenvalue weighted by Gasteiger charge is 2.34. The number of carbonyl (C=O) groups is 2. The third-order valence-corrected chi connectivity index (χ3v) is 7.27. The summed E-state index contributed by atoms with van der Waals surface area (Å²) < 4.78 is 12.0. The lowest BCUT2D eigenvalue weighted by atomic mass is 9.84. The molecule has 0 saturated heterocycles. The highest BCUT2D eigenvalue weighted by atomic mass is 16.6. The van der Waals surface area contributed by atoms with Crippen LogP contribution >= 0.6 is 0 Å². The van der Waals surface area contributed by atoms with Crippen LogP contribution in [0.5, 0.6) is 0 Å². The minimum atomic E-state index is -0.808. The molecule has 4 nitrogen and oxygen atoms in total. The van der Waals surface area contributed by atoms with E-state index in [4.69, 9.17) is 9.47 Å². The Kier molecular flexibility index (Phi) is 5.19. The van der Waals surface area contributed by atoms with Crippen molar-refractivity contribution in [2.24, 2.45) is 0 Å². The summed E-state index contributed by atoms with van der Waals surface area (Å²) >= 11 is 0. The van der Waals surface area contributed by atoms with E-state index in [9.17, 15) is 9.59 Å². The normalized spacial score (nSPS) is 16.5. The fourth-order valence-electron chi connectivity index (χ4n) is 5.50. The van der Waals surface area contributed by atoms with Crippen molar-refractivity contribution in [1.29, 1.82) is 0 Å². The maximum Gasteiger partial charge on any atom is 0.338 e. The molecule has 0 radical (unpaired) electrons. The molecule has 0 heterocycles. The smallest absolute Gasteiger partial charge is 0.338 e. The molecule has 0 saturated carbocycles. The van der Waals surface area contributed by atoms with E-state index in [1.165, 1.54) is 21.5 Å². The number of carbonyl (C=O) groups excluding carboxylic acids is 2. The molecule has 4 heteroatoms. The third-order valence-electron chi connectivity index (χ3n) is 7.27. The molecule has 6 aromatic carbocycles. The number of fused-ring (bicyclic) bond motifs is 2. The van der Waals surface area contributed by atoms with Gasteiger partial charge >= 0.3 is 11.9 Å². The second-order valence-corrected chi connectivity index (χ2v) is 9.52. The van der Waals surface area contributed by atoms with E-state index in [0.29, 0.717) is 11.1 Å². The maximum atomic E-state index is 13.2. The highest BCUT2D eigenvalue weighted by Crippen LogP contribution is 2.43. The number of esters is 2. The van der Waals surface area contributed by atoms with Gasteiger partial charge in [0.1, 0.15) is 0 Å². The van der Waals surface area contributed by atoms with Crippen molar-refractivity contribution in [3.63, 3.8) is 0 Å². The molecular formula is C34H22O4. The van der Waals surface area contributed by atoms with E-state index in [0.717, 1.165) is 21.9 Å². The van der Waals surface area contributed by atoms with Crippen LogP contribution in [-0.2, 0) is 9.47 Å². The molecule has 2 unspecified atom stereocenters. The van der Waals surface area contributed by atoms with Crippen molar-refractivity contribution in [2.45, 2.75) is 12.2 Å². The topological polar surface area (TPSA) is 52.6 Å². The summed E-state index contributed by atoms with van der Waals surface area (Å²) in [5.41, 5.74) is 2.66. The van der Waals surface area contributed by atoms with Gasteiger partial charge < -0.3 is 9.47 Å². The van der Waals surface area contributed by atoms with Crippen molar-refractivity contribution in [2.75, 3.05) is 0 Å². The average molecular weight is 495 g/mol. The Labute approximate surface area is 219 Å². The molecule has 2 atom stereocenters. The first-order valence-corrected chi connectivity index (χ1v) is 12.6. The van der Waals surface area contributed by atoms with Gasteiger partial charge in [-0.2, -0.15) is 0 Å². The van der Waals surface area contributed by atoms with Gasteiger partial charge in [0.15, 0.2) is 12.2 Å². The number of benzene rings is 6.